The number of rotatable bonds is 4. The fourth-order valence-corrected chi connectivity index (χ4v) is 2.42. The highest BCUT2D eigenvalue weighted by molar-refractivity contribution is 6.09. The van der Waals surface area contributed by atoms with Gasteiger partial charge in [-0.2, -0.15) is 13.2 Å². The van der Waals surface area contributed by atoms with Crippen molar-refractivity contribution in [3.8, 4) is 0 Å². The van der Waals surface area contributed by atoms with Gasteiger partial charge in [-0.05, 0) is 48.5 Å². The van der Waals surface area contributed by atoms with E-state index in [9.17, 15) is 32.9 Å². The molecule has 2 rings (SSSR count). The van der Waals surface area contributed by atoms with Gasteiger partial charge < -0.3 is 5.11 Å². The molecule has 0 atom stereocenters. The van der Waals surface area contributed by atoms with Crippen LogP contribution in [0.3, 0.4) is 0 Å². The van der Waals surface area contributed by atoms with Crippen molar-refractivity contribution in [2.75, 3.05) is 5.01 Å². The Balaban J connectivity index is 2.40. The van der Waals surface area contributed by atoms with Gasteiger partial charge in [0.05, 0.1) is 5.56 Å². The summed E-state index contributed by atoms with van der Waals surface area (Å²) in [4.78, 5) is 34.6. The first kappa shape index (κ1) is 17.4. The topological polar surface area (TPSA) is 101 Å². The minimum atomic E-state index is -4.62. The molecule has 0 aromatic heterocycles. The number of carboxylic acid groups (broad SMARTS) is 1. The number of halogens is 3. The van der Waals surface area contributed by atoms with Gasteiger partial charge in [-0.15, -0.1) is 0 Å². The summed E-state index contributed by atoms with van der Waals surface area (Å²) in [6.07, 6.45) is -4.09. The third-order valence-corrected chi connectivity index (χ3v) is 3.53. The summed E-state index contributed by atoms with van der Waals surface area (Å²) in [6.45, 7) is 0. The number of hydrogen-bond donors (Lipinski definition) is 1. The van der Waals surface area contributed by atoms with Gasteiger partial charge in [0.2, 0.25) is 0 Å². The lowest BCUT2D eigenvalue weighted by Gasteiger charge is -2.14. The minimum absolute atomic E-state index is 0.0593. The van der Waals surface area contributed by atoms with Crippen LogP contribution >= 0.6 is 0 Å². The lowest BCUT2D eigenvalue weighted by atomic mass is 10.1. The summed E-state index contributed by atoms with van der Waals surface area (Å²) in [5, 5.41) is 19.2. The predicted molar refractivity (Wildman–Crippen MR) is 74.4 cm³/mol. The van der Waals surface area contributed by atoms with E-state index in [1.165, 1.54) is 0 Å². The monoisotopic (exact) mass is 344 g/mol. The molecule has 10 heteroatoms. The Labute approximate surface area is 133 Å². The molecule has 24 heavy (non-hydrogen) atoms. The fraction of sp³-hybridized carbons (Fsp3) is 0.286. The molecule has 0 spiro atoms. The molecular formula is C14H11F3N2O5. The molecule has 1 aromatic rings. The molecule has 0 unspecified atom stereocenters. The number of carboxylic acids is 1. The number of amides is 1. The van der Waals surface area contributed by atoms with Crippen LogP contribution in [-0.2, 0) is 15.8 Å². The van der Waals surface area contributed by atoms with Gasteiger partial charge >= 0.3 is 18.1 Å². The molecule has 1 aromatic carbocycles. The summed E-state index contributed by atoms with van der Waals surface area (Å²) in [5.74, 6) is -2.50. The van der Waals surface area contributed by atoms with Crippen molar-refractivity contribution in [3.63, 3.8) is 0 Å². The Morgan fingerprint density at radius 3 is 2.12 bits per heavy atom. The summed E-state index contributed by atoms with van der Waals surface area (Å²) in [6, 6.07) is 2.81. The first-order valence-corrected chi connectivity index (χ1v) is 6.74. The number of anilines is 1. The zero-order valence-electron chi connectivity index (χ0n) is 12.0. The highest BCUT2D eigenvalue weighted by Crippen LogP contribution is 2.32. The predicted octanol–water partition coefficient (Wildman–Crippen LogP) is 2.80. The second-order valence-electron chi connectivity index (χ2n) is 5.02. The van der Waals surface area contributed by atoms with E-state index in [0.29, 0.717) is 18.6 Å². The Hall–Kier alpha value is -2.91. The molecule has 7 nitrogen and oxygen atoms in total. The van der Waals surface area contributed by atoms with Gasteiger partial charge in [-0.1, -0.05) is 0 Å². The maximum atomic E-state index is 12.5. The first-order valence-electron chi connectivity index (χ1n) is 6.74. The molecule has 1 amide bonds. The van der Waals surface area contributed by atoms with Gasteiger partial charge in [-0.3, -0.25) is 4.79 Å². The van der Waals surface area contributed by atoms with Gasteiger partial charge in [0.1, 0.15) is 5.69 Å². The molecule has 0 saturated carbocycles. The van der Waals surface area contributed by atoms with Crippen molar-refractivity contribution < 1.29 is 32.9 Å². The molecule has 1 aliphatic rings. The normalized spacial score (nSPS) is 14.6. The zero-order valence-corrected chi connectivity index (χ0v) is 12.0. The Kier molecular flexibility index (Phi) is 4.58. The molecule has 1 aliphatic carbocycles. The summed E-state index contributed by atoms with van der Waals surface area (Å²) in [7, 11) is 0. The Morgan fingerprint density at radius 2 is 1.67 bits per heavy atom. The van der Waals surface area contributed by atoms with Crippen LogP contribution in [-0.4, -0.2) is 22.0 Å². The molecule has 0 heterocycles. The quantitative estimate of drug-likeness (QED) is 0.668. The summed E-state index contributed by atoms with van der Waals surface area (Å²) >= 11 is 0. The fourth-order valence-electron chi connectivity index (χ4n) is 2.42. The van der Waals surface area contributed by atoms with E-state index in [-0.39, 0.29) is 34.7 Å². The number of hydrazine groups is 1. The molecule has 1 N–H and O–H groups in total. The number of carbonyl (C=O) groups is 2. The first-order chi connectivity index (χ1) is 11.1. The number of carbonyl (C=O) groups excluding carboxylic acids is 1. The van der Waals surface area contributed by atoms with Crippen LogP contribution in [0, 0.1) is 10.1 Å². The number of aliphatic carboxylic acids is 1. The van der Waals surface area contributed by atoms with E-state index < -0.39 is 28.6 Å². The smallest absolute Gasteiger partial charge is 0.416 e. The van der Waals surface area contributed by atoms with Crippen LogP contribution in [0.5, 0.6) is 0 Å². The SMILES string of the molecule is O=C(O)C1=C(C(=O)N(c2ccc(C(F)(F)F)cc2)[N+](=O)[O-])CCC1. The van der Waals surface area contributed by atoms with Crippen molar-refractivity contribution in [3.05, 3.63) is 51.1 Å². The molecule has 0 saturated heterocycles. The van der Waals surface area contributed by atoms with Crippen LogP contribution in [0.4, 0.5) is 18.9 Å². The van der Waals surface area contributed by atoms with Crippen LogP contribution in [0.25, 0.3) is 0 Å². The zero-order chi connectivity index (χ0) is 18.1. The Bertz CT molecular complexity index is 725. The molecular weight excluding hydrogens is 333 g/mol. The van der Waals surface area contributed by atoms with Crippen molar-refractivity contribution in [1.29, 1.82) is 0 Å². The van der Waals surface area contributed by atoms with E-state index in [2.05, 4.69) is 0 Å². The maximum Gasteiger partial charge on any atom is 0.416 e. The minimum Gasteiger partial charge on any atom is -0.478 e. The number of benzene rings is 1. The molecule has 0 aliphatic heterocycles. The van der Waals surface area contributed by atoms with Crippen molar-refractivity contribution in [2.45, 2.75) is 25.4 Å². The van der Waals surface area contributed by atoms with E-state index in [1.54, 1.807) is 0 Å². The standard InChI is InChI=1S/C14H11F3N2O5/c15-14(16,17)8-4-6-9(7-5-8)18(19(23)24)12(20)10-2-1-3-11(10)13(21)22/h4-7H,1-3H2,(H,21,22). The third-order valence-electron chi connectivity index (χ3n) is 3.53. The molecule has 0 fully saturated rings. The lowest BCUT2D eigenvalue weighted by molar-refractivity contribution is -0.483. The third kappa shape index (κ3) is 3.36. The highest BCUT2D eigenvalue weighted by atomic mass is 19.4. The van der Waals surface area contributed by atoms with E-state index in [4.69, 9.17) is 5.11 Å². The van der Waals surface area contributed by atoms with Crippen LogP contribution in [0.15, 0.2) is 35.4 Å². The molecule has 128 valence electrons. The Morgan fingerprint density at radius 1 is 1.12 bits per heavy atom. The van der Waals surface area contributed by atoms with Crippen molar-refractivity contribution in [2.24, 2.45) is 0 Å². The summed E-state index contributed by atoms with van der Waals surface area (Å²) < 4.78 is 37.6. The molecule has 0 bridgehead atoms. The van der Waals surface area contributed by atoms with Gasteiger partial charge in [0.25, 0.3) is 0 Å². The van der Waals surface area contributed by atoms with Crippen LogP contribution in [0.2, 0.25) is 0 Å². The van der Waals surface area contributed by atoms with Crippen molar-refractivity contribution >= 4 is 17.6 Å². The van der Waals surface area contributed by atoms with Crippen LogP contribution in [0.1, 0.15) is 24.8 Å². The number of hydrogen-bond acceptors (Lipinski definition) is 4. The number of nitro groups is 1. The average molecular weight is 344 g/mol. The van der Waals surface area contributed by atoms with Gasteiger partial charge in [-0.25, -0.2) is 14.9 Å². The maximum absolute atomic E-state index is 12.5. The second-order valence-corrected chi connectivity index (χ2v) is 5.02. The van der Waals surface area contributed by atoms with Gasteiger partial charge in [0, 0.05) is 11.1 Å². The highest BCUT2D eigenvalue weighted by Gasteiger charge is 2.36. The number of nitrogens with zero attached hydrogens (tertiary/aromatic N) is 2. The number of alkyl halides is 3. The van der Waals surface area contributed by atoms with Gasteiger partial charge in [0.15, 0.2) is 5.03 Å². The van der Waals surface area contributed by atoms with E-state index in [0.717, 1.165) is 12.1 Å². The van der Waals surface area contributed by atoms with Crippen LogP contribution < -0.4 is 5.01 Å². The lowest BCUT2D eigenvalue weighted by Crippen LogP contribution is -2.37. The van der Waals surface area contributed by atoms with Crippen molar-refractivity contribution in [1.82, 2.24) is 0 Å². The largest absolute Gasteiger partial charge is 0.478 e. The molecule has 0 radical (unpaired) electrons. The second kappa shape index (κ2) is 6.30. The average Bonchev–Trinajstić information content (AvgIpc) is 2.96. The summed E-state index contributed by atoms with van der Waals surface area (Å²) in [5.41, 5.74) is -1.83. The van der Waals surface area contributed by atoms with E-state index >= 15 is 0 Å². The van der Waals surface area contributed by atoms with E-state index in [1.807, 2.05) is 0 Å².